The van der Waals surface area contributed by atoms with E-state index in [2.05, 4.69) is 9.64 Å². The molecule has 0 bridgehead atoms. The quantitative estimate of drug-likeness (QED) is 0.327. The highest BCUT2D eigenvalue weighted by molar-refractivity contribution is 5.68. The van der Waals surface area contributed by atoms with Crippen molar-refractivity contribution in [1.29, 1.82) is 0 Å². The van der Waals surface area contributed by atoms with Gasteiger partial charge in [0, 0.05) is 25.2 Å². The SMILES string of the molecule is O=COC1(c2cc(F)cc(CN3CCCC34CCN(C(=O)OC(C(F)(F)F)C(F)(F)F)CC4)c2)CCCC1. The highest BCUT2D eigenvalue weighted by atomic mass is 19.4. The Hall–Kier alpha value is -2.57. The monoisotopic (exact) mass is 554 g/mol. The molecule has 212 valence electrons. The van der Waals surface area contributed by atoms with E-state index in [9.17, 15) is 40.3 Å². The van der Waals surface area contributed by atoms with E-state index in [1.54, 1.807) is 0 Å². The van der Waals surface area contributed by atoms with Gasteiger partial charge in [-0.1, -0.05) is 6.07 Å². The number of likely N-dealkylation sites (tertiary alicyclic amines) is 2. The number of carbonyl (C=O) groups excluding carboxylic acids is 2. The number of hydrogen-bond acceptors (Lipinski definition) is 5. The molecule has 1 aromatic carbocycles. The number of carbonyl (C=O) groups is 2. The van der Waals surface area contributed by atoms with Gasteiger partial charge in [0.15, 0.2) is 0 Å². The predicted molar refractivity (Wildman–Crippen MR) is 119 cm³/mol. The number of halogens is 7. The third kappa shape index (κ3) is 5.86. The van der Waals surface area contributed by atoms with E-state index < -0.39 is 41.5 Å². The zero-order valence-electron chi connectivity index (χ0n) is 20.5. The maximum absolute atomic E-state index is 14.6. The van der Waals surface area contributed by atoms with Crippen LogP contribution in [0.5, 0.6) is 0 Å². The first-order chi connectivity index (χ1) is 17.8. The summed E-state index contributed by atoms with van der Waals surface area (Å²) in [7, 11) is 0. The molecule has 2 saturated heterocycles. The van der Waals surface area contributed by atoms with Crippen LogP contribution in [-0.4, -0.2) is 66.0 Å². The smallest absolute Gasteiger partial charge is 0.434 e. The zero-order chi connectivity index (χ0) is 27.8. The van der Waals surface area contributed by atoms with Gasteiger partial charge in [-0.2, -0.15) is 26.3 Å². The Labute approximate surface area is 215 Å². The van der Waals surface area contributed by atoms with Gasteiger partial charge < -0.3 is 14.4 Å². The normalized spacial score (nSPS) is 21.7. The second-order valence-corrected chi connectivity index (χ2v) is 10.3. The summed E-state index contributed by atoms with van der Waals surface area (Å²) in [4.78, 5) is 26.3. The van der Waals surface area contributed by atoms with Crippen molar-refractivity contribution in [1.82, 2.24) is 9.80 Å². The van der Waals surface area contributed by atoms with Crippen LogP contribution in [0.15, 0.2) is 18.2 Å². The van der Waals surface area contributed by atoms with Gasteiger partial charge in [0.25, 0.3) is 12.6 Å². The van der Waals surface area contributed by atoms with E-state index in [0.29, 0.717) is 56.4 Å². The molecule has 2 aliphatic heterocycles. The highest BCUT2D eigenvalue weighted by Crippen LogP contribution is 2.44. The minimum absolute atomic E-state index is 0.0670. The van der Waals surface area contributed by atoms with Crippen molar-refractivity contribution in [3.63, 3.8) is 0 Å². The fraction of sp³-hybridized carbons (Fsp3) is 0.680. The van der Waals surface area contributed by atoms with Gasteiger partial charge in [0.1, 0.15) is 11.4 Å². The summed E-state index contributed by atoms with van der Waals surface area (Å²) in [5, 5.41) is 0. The minimum atomic E-state index is -5.77. The largest absolute Gasteiger partial charge is 0.456 e. The van der Waals surface area contributed by atoms with Crippen molar-refractivity contribution < 1.29 is 49.8 Å². The number of alkyl halides is 6. The van der Waals surface area contributed by atoms with Crippen LogP contribution in [0.1, 0.15) is 62.5 Å². The summed E-state index contributed by atoms with van der Waals surface area (Å²) in [5.74, 6) is -0.465. The standard InChI is InChI=1S/C25H29F7N2O4/c26-19-13-17(12-18(14-19)23(37-16-35)5-1-2-6-23)15-34-9-3-4-22(34)7-10-33(11-8-22)21(36)38-20(24(27,28)29)25(30,31)32/h12-14,16,20H,1-11,15H2. The first-order valence-corrected chi connectivity index (χ1v) is 12.5. The summed E-state index contributed by atoms with van der Waals surface area (Å²) in [6, 6.07) is 4.60. The van der Waals surface area contributed by atoms with E-state index >= 15 is 0 Å². The number of benzene rings is 1. The van der Waals surface area contributed by atoms with E-state index in [1.165, 1.54) is 12.1 Å². The zero-order valence-corrected chi connectivity index (χ0v) is 20.5. The fourth-order valence-electron chi connectivity index (χ4n) is 6.15. The molecule has 0 radical (unpaired) electrons. The Morgan fingerprint density at radius 1 is 0.921 bits per heavy atom. The lowest BCUT2D eigenvalue weighted by atomic mass is 9.84. The van der Waals surface area contributed by atoms with Gasteiger partial charge in [-0.25, -0.2) is 9.18 Å². The lowest BCUT2D eigenvalue weighted by molar-refractivity contribution is -0.308. The molecule has 1 aromatic rings. The van der Waals surface area contributed by atoms with Crippen molar-refractivity contribution in [3.8, 4) is 0 Å². The molecular weight excluding hydrogens is 525 g/mol. The number of ether oxygens (including phenoxy) is 2. The maximum atomic E-state index is 14.6. The van der Waals surface area contributed by atoms with Crippen molar-refractivity contribution in [2.45, 2.75) is 87.5 Å². The van der Waals surface area contributed by atoms with Crippen LogP contribution in [0.3, 0.4) is 0 Å². The Morgan fingerprint density at radius 2 is 1.55 bits per heavy atom. The van der Waals surface area contributed by atoms with Crippen LogP contribution in [0.2, 0.25) is 0 Å². The van der Waals surface area contributed by atoms with Crippen LogP contribution in [0, 0.1) is 5.82 Å². The first-order valence-electron chi connectivity index (χ1n) is 12.5. The molecule has 3 aliphatic rings. The molecule has 1 amide bonds. The minimum Gasteiger partial charge on any atom is -0.456 e. The average Bonchev–Trinajstić information content (AvgIpc) is 3.45. The van der Waals surface area contributed by atoms with Crippen molar-refractivity contribution >= 4 is 12.6 Å². The van der Waals surface area contributed by atoms with Crippen molar-refractivity contribution in [3.05, 3.63) is 35.1 Å². The summed E-state index contributed by atoms with van der Waals surface area (Å²) in [6.07, 6.45) is -12.3. The topological polar surface area (TPSA) is 59.1 Å². The third-order valence-corrected chi connectivity index (χ3v) is 8.05. The lowest BCUT2D eigenvalue weighted by Gasteiger charge is -2.45. The van der Waals surface area contributed by atoms with E-state index in [-0.39, 0.29) is 13.1 Å². The van der Waals surface area contributed by atoms with Gasteiger partial charge in [-0.15, -0.1) is 0 Å². The molecule has 0 atom stereocenters. The summed E-state index contributed by atoms with van der Waals surface area (Å²) < 4.78 is 101. The molecule has 1 saturated carbocycles. The van der Waals surface area contributed by atoms with Crippen LogP contribution < -0.4 is 0 Å². The van der Waals surface area contributed by atoms with Gasteiger partial charge in [-0.3, -0.25) is 9.69 Å². The maximum Gasteiger partial charge on any atom is 0.434 e. The van der Waals surface area contributed by atoms with Crippen LogP contribution in [0.25, 0.3) is 0 Å². The van der Waals surface area contributed by atoms with Gasteiger partial charge in [0.05, 0.1) is 0 Å². The molecule has 1 aliphatic carbocycles. The number of nitrogens with zero attached hydrogens (tertiary/aromatic N) is 2. The summed E-state index contributed by atoms with van der Waals surface area (Å²) in [5.41, 5.74) is -0.0347. The van der Waals surface area contributed by atoms with Crippen LogP contribution in [-0.2, 0) is 26.4 Å². The molecule has 1 spiro atoms. The Morgan fingerprint density at radius 3 is 2.13 bits per heavy atom. The number of amides is 1. The molecule has 2 heterocycles. The van der Waals surface area contributed by atoms with E-state index in [1.807, 2.05) is 6.07 Å². The second-order valence-electron chi connectivity index (χ2n) is 10.3. The lowest BCUT2D eigenvalue weighted by Crippen LogP contribution is -2.54. The summed E-state index contributed by atoms with van der Waals surface area (Å²) in [6.45, 7) is 1.27. The Kier molecular flexibility index (Phi) is 7.89. The Bertz CT molecular complexity index is 1000. The van der Waals surface area contributed by atoms with Crippen LogP contribution in [0.4, 0.5) is 35.5 Å². The molecule has 0 N–H and O–H groups in total. The number of piperidine rings is 1. The highest BCUT2D eigenvalue weighted by Gasteiger charge is 2.60. The number of rotatable bonds is 6. The van der Waals surface area contributed by atoms with Gasteiger partial charge in [-0.05, 0) is 81.2 Å². The average molecular weight is 555 g/mol. The summed E-state index contributed by atoms with van der Waals surface area (Å²) >= 11 is 0. The molecule has 3 fully saturated rings. The Balaban J connectivity index is 1.44. The van der Waals surface area contributed by atoms with E-state index in [4.69, 9.17) is 4.74 Å². The van der Waals surface area contributed by atoms with E-state index in [0.717, 1.165) is 30.6 Å². The number of hydrogen-bond donors (Lipinski definition) is 0. The molecule has 38 heavy (non-hydrogen) atoms. The molecule has 13 heteroatoms. The fourth-order valence-corrected chi connectivity index (χ4v) is 6.15. The molecular formula is C25H29F7N2O4. The van der Waals surface area contributed by atoms with Gasteiger partial charge >= 0.3 is 18.4 Å². The molecule has 4 rings (SSSR count). The molecule has 6 nitrogen and oxygen atoms in total. The van der Waals surface area contributed by atoms with Gasteiger partial charge in [0.2, 0.25) is 0 Å². The van der Waals surface area contributed by atoms with Crippen molar-refractivity contribution in [2.24, 2.45) is 0 Å². The third-order valence-electron chi connectivity index (χ3n) is 8.05. The molecule has 0 aromatic heterocycles. The predicted octanol–water partition coefficient (Wildman–Crippen LogP) is 5.83. The van der Waals surface area contributed by atoms with Crippen molar-refractivity contribution in [2.75, 3.05) is 19.6 Å². The first kappa shape index (κ1) is 28.4. The second kappa shape index (κ2) is 10.5. The van der Waals surface area contributed by atoms with Crippen LogP contribution >= 0.6 is 0 Å². The molecule has 0 unspecified atom stereocenters.